The Morgan fingerprint density at radius 3 is 2.29 bits per heavy atom. The van der Waals surface area contributed by atoms with Crippen LogP contribution < -0.4 is 0 Å². The maximum Gasteiger partial charge on any atom is 0.0997 e. The van der Waals surface area contributed by atoms with Gasteiger partial charge in [-0.1, -0.05) is 87.5 Å². The van der Waals surface area contributed by atoms with Gasteiger partial charge in [-0.05, 0) is 40.7 Å². The Morgan fingerprint density at radius 1 is 0.857 bits per heavy atom. The molecule has 0 aliphatic heterocycles. The molecule has 2 aromatic heterocycles. The normalized spacial score (nSPS) is 12.5. The Bertz CT molecular complexity index is 1140. The van der Waals surface area contributed by atoms with E-state index in [1.54, 1.807) is 0 Å². The van der Waals surface area contributed by atoms with Crippen LogP contribution in [0.3, 0.4) is 0 Å². The molecule has 4 aromatic rings. The van der Waals surface area contributed by atoms with Crippen molar-refractivity contribution >= 4 is 11.1 Å². The molecule has 0 fully saturated rings. The second-order valence-electron chi connectivity index (χ2n) is 8.39. The van der Waals surface area contributed by atoms with Crippen molar-refractivity contribution in [1.82, 2.24) is 9.38 Å². The zero-order chi connectivity index (χ0) is 19.7. The minimum absolute atomic E-state index is 0.0622. The average molecular weight is 367 g/mol. The van der Waals surface area contributed by atoms with E-state index in [4.69, 9.17) is 0 Å². The Kier molecular flexibility index (Phi) is 4.64. The van der Waals surface area contributed by atoms with Gasteiger partial charge in [0.2, 0.25) is 0 Å². The second kappa shape index (κ2) is 7.12. The number of benzene rings is 2. The lowest BCUT2D eigenvalue weighted by Crippen LogP contribution is -2.04. The van der Waals surface area contributed by atoms with Crippen LogP contribution >= 0.6 is 0 Å². The van der Waals surface area contributed by atoms with E-state index >= 15 is 0 Å². The van der Waals surface area contributed by atoms with Crippen molar-refractivity contribution in [2.24, 2.45) is 5.41 Å². The van der Waals surface area contributed by atoms with Gasteiger partial charge in [-0.25, -0.2) is 4.98 Å². The van der Waals surface area contributed by atoms with Crippen molar-refractivity contribution in [3.8, 4) is 11.3 Å². The van der Waals surface area contributed by atoms with Gasteiger partial charge in [0.25, 0.3) is 0 Å². The van der Waals surface area contributed by atoms with E-state index in [0.29, 0.717) is 0 Å². The number of aromatic nitrogens is 2. The van der Waals surface area contributed by atoms with E-state index in [9.17, 15) is 0 Å². The van der Waals surface area contributed by atoms with Crippen LogP contribution in [0.25, 0.3) is 22.3 Å². The highest BCUT2D eigenvalue weighted by Gasteiger charge is 2.17. The second-order valence-corrected chi connectivity index (χ2v) is 8.39. The number of pyridine rings is 1. The summed E-state index contributed by atoms with van der Waals surface area (Å²) in [7, 11) is 0. The first kappa shape index (κ1) is 18.2. The zero-order valence-corrected chi connectivity index (χ0v) is 17.0. The number of fused-ring (bicyclic) bond motifs is 1. The third-order valence-corrected chi connectivity index (χ3v) is 4.95. The van der Waals surface area contributed by atoms with Gasteiger partial charge >= 0.3 is 0 Å². The molecule has 2 aromatic carbocycles. The molecule has 4 rings (SSSR count). The van der Waals surface area contributed by atoms with Crippen LogP contribution in [0.1, 0.15) is 37.5 Å². The Morgan fingerprint density at radius 2 is 1.57 bits per heavy atom. The fraction of sp³-hybridized carbons (Fsp3) is 0.192. The van der Waals surface area contributed by atoms with Crippen LogP contribution in [0.5, 0.6) is 0 Å². The Balaban J connectivity index is 1.98. The molecule has 2 nitrogen and oxygen atoms in total. The van der Waals surface area contributed by atoms with Crippen molar-refractivity contribution < 1.29 is 0 Å². The SMILES string of the molecule is Cc1ccccc1/C(=C\C(C)(C)C)c1ccc(-c2ccccc2)n2cncc12. The standard InChI is InChI=1S/C26H26N2/c1-19-10-8-9-13-21(19)23(16-26(2,3)4)22-14-15-24(20-11-6-5-7-12-20)28-18-27-17-25(22)28/h5-18H,1-4H3/b23-16+. The quantitative estimate of drug-likeness (QED) is 0.390. The van der Waals surface area contributed by atoms with Crippen LogP contribution in [0.15, 0.2) is 85.3 Å². The molecular weight excluding hydrogens is 340 g/mol. The van der Waals surface area contributed by atoms with Crippen molar-refractivity contribution in [3.63, 3.8) is 0 Å². The summed E-state index contributed by atoms with van der Waals surface area (Å²) in [6, 6.07) is 23.5. The van der Waals surface area contributed by atoms with E-state index in [2.05, 4.69) is 104 Å². The van der Waals surface area contributed by atoms with Gasteiger partial charge in [0.15, 0.2) is 0 Å². The van der Waals surface area contributed by atoms with Crippen molar-refractivity contribution in [3.05, 3.63) is 102 Å². The lowest BCUT2D eigenvalue weighted by atomic mass is 9.86. The summed E-state index contributed by atoms with van der Waals surface area (Å²) in [5, 5.41) is 0. The summed E-state index contributed by atoms with van der Waals surface area (Å²) in [5.41, 5.74) is 8.55. The molecule has 2 heterocycles. The molecule has 0 atom stereocenters. The number of hydrogen-bond acceptors (Lipinski definition) is 1. The van der Waals surface area contributed by atoms with Crippen molar-refractivity contribution in [2.75, 3.05) is 0 Å². The fourth-order valence-electron chi connectivity index (χ4n) is 3.69. The average Bonchev–Trinajstić information content (AvgIpc) is 3.16. The molecule has 0 radical (unpaired) electrons. The number of rotatable bonds is 3. The summed E-state index contributed by atoms with van der Waals surface area (Å²) in [6.45, 7) is 8.92. The van der Waals surface area contributed by atoms with Gasteiger partial charge in [-0.15, -0.1) is 0 Å². The van der Waals surface area contributed by atoms with Crippen LogP contribution in [0, 0.1) is 12.3 Å². The number of allylic oxidation sites excluding steroid dienone is 1. The van der Waals surface area contributed by atoms with E-state index in [-0.39, 0.29) is 5.41 Å². The maximum atomic E-state index is 4.48. The minimum atomic E-state index is 0.0622. The summed E-state index contributed by atoms with van der Waals surface area (Å²) >= 11 is 0. The first-order valence-electron chi connectivity index (χ1n) is 9.74. The highest BCUT2D eigenvalue weighted by molar-refractivity contribution is 5.89. The summed E-state index contributed by atoms with van der Waals surface area (Å²) in [5.74, 6) is 0. The molecule has 0 aliphatic carbocycles. The molecule has 28 heavy (non-hydrogen) atoms. The monoisotopic (exact) mass is 366 g/mol. The molecule has 0 spiro atoms. The predicted molar refractivity (Wildman–Crippen MR) is 118 cm³/mol. The zero-order valence-electron chi connectivity index (χ0n) is 17.0. The molecule has 0 N–H and O–H groups in total. The number of imidazole rings is 1. The fourth-order valence-corrected chi connectivity index (χ4v) is 3.69. The van der Waals surface area contributed by atoms with Gasteiger partial charge in [0.05, 0.1) is 23.7 Å². The van der Waals surface area contributed by atoms with Gasteiger partial charge < -0.3 is 0 Å². The maximum absolute atomic E-state index is 4.48. The molecule has 0 saturated carbocycles. The van der Waals surface area contributed by atoms with Crippen LogP contribution in [0.2, 0.25) is 0 Å². The third-order valence-electron chi connectivity index (χ3n) is 4.95. The largest absolute Gasteiger partial charge is 0.298 e. The highest BCUT2D eigenvalue weighted by atomic mass is 15.0. The highest BCUT2D eigenvalue weighted by Crippen LogP contribution is 2.35. The van der Waals surface area contributed by atoms with Crippen molar-refractivity contribution in [2.45, 2.75) is 27.7 Å². The molecule has 0 aliphatic rings. The molecule has 0 unspecified atom stereocenters. The van der Waals surface area contributed by atoms with Crippen LogP contribution in [-0.2, 0) is 0 Å². The van der Waals surface area contributed by atoms with E-state index in [1.165, 1.54) is 27.8 Å². The molecule has 0 amide bonds. The molecule has 0 saturated heterocycles. The van der Waals surface area contributed by atoms with Gasteiger partial charge in [0.1, 0.15) is 0 Å². The Labute approximate surface area is 167 Å². The first-order valence-corrected chi connectivity index (χ1v) is 9.74. The lowest BCUT2D eigenvalue weighted by Gasteiger charge is -2.20. The van der Waals surface area contributed by atoms with Crippen molar-refractivity contribution in [1.29, 1.82) is 0 Å². The van der Waals surface area contributed by atoms with Gasteiger partial charge in [-0.2, -0.15) is 0 Å². The topological polar surface area (TPSA) is 17.3 Å². The predicted octanol–water partition coefficient (Wildman–Crippen LogP) is 6.79. The Hall–Kier alpha value is -3.13. The molecule has 0 bridgehead atoms. The third kappa shape index (κ3) is 3.50. The minimum Gasteiger partial charge on any atom is -0.298 e. The van der Waals surface area contributed by atoms with Gasteiger partial charge in [0, 0.05) is 5.56 Å². The van der Waals surface area contributed by atoms with E-state index < -0.39 is 0 Å². The van der Waals surface area contributed by atoms with Crippen LogP contribution in [0.4, 0.5) is 0 Å². The van der Waals surface area contributed by atoms with E-state index in [0.717, 1.165) is 11.2 Å². The molecular formula is C26H26N2. The number of aryl methyl sites for hydroxylation is 1. The number of hydrogen-bond donors (Lipinski definition) is 0. The van der Waals surface area contributed by atoms with Gasteiger partial charge in [-0.3, -0.25) is 4.40 Å². The summed E-state index contributed by atoms with van der Waals surface area (Å²) in [4.78, 5) is 4.48. The molecule has 2 heteroatoms. The van der Waals surface area contributed by atoms with Crippen LogP contribution in [-0.4, -0.2) is 9.38 Å². The first-order chi connectivity index (χ1) is 13.4. The lowest BCUT2D eigenvalue weighted by molar-refractivity contribution is 0.546. The van der Waals surface area contributed by atoms with E-state index in [1.807, 2.05) is 18.6 Å². The smallest absolute Gasteiger partial charge is 0.0997 e. The molecule has 140 valence electrons. The summed E-state index contributed by atoms with van der Waals surface area (Å²) < 4.78 is 2.19. The summed E-state index contributed by atoms with van der Waals surface area (Å²) in [6.07, 6.45) is 6.25. The number of nitrogens with zero attached hydrogens (tertiary/aromatic N) is 2.